The van der Waals surface area contributed by atoms with Gasteiger partial charge in [-0.15, -0.1) is 0 Å². The number of hydrogen-bond acceptors (Lipinski definition) is 3. The number of H-pyrrole nitrogens is 1. The number of aromatic amines is 1. The van der Waals surface area contributed by atoms with Gasteiger partial charge >= 0.3 is 0 Å². The van der Waals surface area contributed by atoms with E-state index in [1.807, 2.05) is 31.2 Å². The minimum atomic E-state index is -3.62. The third-order valence-corrected chi connectivity index (χ3v) is 4.42. The molecule has 0 unspecified atom stereocenters. The van der Waals surface area contributed by atoms with Gasteiger partial charge in [0.2, 0.25) is 15.6 Å². The Kier molecular flexibility index (Phi) is 4.36. The SMILES string of the molecule is CCc1ccccc1CNS(=O)(=O)c1ccc(=O)[nH]c1. The van der Waals surface area contributed by atoms with Gasteiger partial charge in [0.15, 0.2) is 0 Å². The van der Waals surface area contributed by atoms with Crippen LogP contribution in [-0.4, -0.2) is 13.4 Å². The summed E-state index contributed by atoms with van der Waals surface area (Å²) >= 11 is 0. The molecule has 0 spiro atoms. The summed E-state index contributed by atoms with van der Waals surface area (Å²) in [5, 5.41) is 0. The lowest BCUT2D eigenvalue weighted by atomic mass is 10.1. The average Bonchev–Trinajstić information content (AvgIpc) is 2.46. The quantitative estimate of drug-likeness (QED) is 0.874. The molecule has 6 heteroatoms. The molecule has 20 heavy (non-hydrogen) atoms. The van der Waals surface area contributed by atoms with Gasteiger partial charge in [0.25, 0.3) is 0 Å². The summed E-state index contributed by atoms with van der Waals surface area (Å²) in [6.07, 6.45) is 2.03. The second kappa shape index (κ2) is 6.02. The lowest BCUT2D eigenvalue weighted by Crippen LogP contribution is -2.24. The lowest BCUT2D eigenvalue weighted by molar-refractivity contribution is 0.580. The zero-order valence-electron chi connectivity index (χ0n) is 11.1. The Morgan fingerprint density at radius 1 is 1.10 bits per heavy atom. The van der Waals surface area contributed by atoms with Crippen LogP contribution in [0.15, 0.2) is 52.3 Å². The van der Waals surface area contributed by atoms with Gasteiger partial charge in [0.1, 0.15) is 0 Å². The first-order chi connectivity index (χ1) is 9.53. The van der Waals surface area contributed by atoms with E-state index in [0.717, 1.165) is 17.5 Å². The normalized spacial score (nSPS) is 11.4. The Balaban J connectivity index is 2.17. The predicted octanol–water partition coefficient (Wildman–Crippen LogP) is 1.42. The molecule has 0 amide bonds. The van der Waals surface area contributed by atoms with Crippen LogP contribution in [0.3, 0.4) is 0 Å². The van der Waals surface area contributed by atoms with E-state index in [-0.39, 0.29) is 17.0 Å². The summed E-state index contributed by atoms with van der Waals surface area (Å²) in [4.78, 5) is 13.3. The number of hydrogen-bond donors (Lipinski definition) is 2. The van der Waals surface area contributed by atoms with Gasteiger partial charge in [-0.25, -0.2) is 13.1 Å². The van der Waals surface area contributed by atoms with E-state index in [1.54, 1.807) is 0 Å². The number of aryl methyl sites for hydroxylation is 1. The third-order valence-electron chi connectivity index (χ3n) is 3.02. The van der Waals surface area contributed by atoms with Crippen molar-refractivity contribution in [2.24, 2.45) is 0 Å². The van der Waals surface area contributed by atoms with Crippen molar-refractivity contribution < 1.29 is 8.42 Å². The third kappa shape index (κ3) is 3.34. The zero-order valence-corrected chi connectivity index (χ0v) is 11.9. The van der Waals surface area contributed by atoms with Crippen LogP contribution in [0.1, 0.15) is 18.1 Å². The van der Waals surface area contributed by atoms with E-state index in [1.165, 1.54) is 18.3 Å². The molecule has 0 atom stereocenters. The molecule has 1 heterocycles. The van der Waals surface area contributed by atoms with Crippen molar-refractivity contribution in [2.45, 2.75) is 24.8 Å². The standard InChI is InChI=1S/C14H16N2O3S/c1-2-11-5-3-4-6-12(11)9-16-20(18,19)13-7-8-14(17)15-10-13/h3-8,10,16H,2,9H2,1H3,(H,15,17). The highest BCUT2D eigenvalue weighted by molar-refractivity contribution is 7.89. The van der Waals surface area contributed by atoms with E-state index in [4.69, 9.17) is 0 Å². The smallest absolute Gasteiger partial charge is 0.247 e. The summed E-state index contributed by atoms with van der Waals surface area (Å²) in [5.41, 5.74) is 1.72. The fourth-order valence-electron chi connectivity index (χ4n) is 1.89. The molecule has 1 aromatic carbocycles. The Bertz CT molecular complexity index is 731. The number of pyridine rings is 1. The first kappa shape index (κ1) is 14.5. The zero-order chi connectivity index (χ0) is 14.6. The minimum absolute atomic E-state index is 0.0473. The average molecular weight is 292 g/mol. The molecule has 2 aromatic rings. The second-order valence-electron chi connectivity index (χ2n) is 4.34. The Morgan fingerprint density at radius 2 is 1.80 bits per heavy atom. The maximum atomic E-state index is 12.1. The number of sulfonamides is 1. The molecule has 0 saturated carbocycles. The summed E-state index contributed by atoms with van der Waals surface area (Å²) in [6, 6.07) is 10.2. The fraction of sp³-hybridized carbons (Fsp3) is 0.214. The Hall–Kier alpha value is -1.92. The maximum absolute atomic E-state index is 12.1. The van der Waals surface area contributed by atoms with E-state index >= 15 is 0 Å². The topological polar surface area (TPSA) is 79.0 Å². The maximum Gasteiger partial charge on any atom is 0.247 e. The van der Waals surface area contributed by atoms with Crippen molar-refractivity contribution >= 4 is 10.0 Å². The van der Waals surface area contributed by atoms with E-state index in [9.17, 15) is 13.2 Å². The molecule has 1 aromatic heterocycles. The van der Waals surface area contributed by atoms with Crippen LogP contribution in [0.2, 0.25) is 0 Å². The van der Waals surface area contributed by atoms with Gasteiger partial charge in [0.05, 0.1) is 4.90 Å². The van der Waals surface area contributed by atoms with Gasteiger partial charge in [-0.05, 0) is 23.6 Å². The van der Waals surface area contributed by atoms with E-state index in [0.29, 0.717) is 0 Å². The molecule has 2 N–H and O–H groups in total. The number of aromatic nitrogens is 1. The summed E-state index contributed by atoms with van der Waals surface area (Å²) < 4.78 is 26.7. The molecule has 0 fully saturated rings. The molecule has 0 radical (unpaired) electrons. The summed E-state index contributed by atoms with van der Waals surface area (Å²) in [7, 11) is -3.62. The summed E-state index contributed by atoms with van der Waals surface area (Å²) in [5.74, 6) is 0. The molecule has 0 aliphatic heterocycles. The van der Waals surface area contributed by atoms with Crippen LogP contribution < -0.4 is 10.3 Å². The molecule has 0 aliphatic rings. The number of rotatable bonds is 5. The Morgan fingerprint density at radius 3 is 2.40 bits per heavy atom. The van der Waals surface area contributed by atoms with Crippen LogP contribution in [0, 0.1) is 0 Å². The number of nitrogens with one attached hydrogen (secondary N) is 2. The minimum Gasteiger partial charge on any atom is -0.328 e. The first-order valence-electron chi connectivity index (χ1n) is 6.28. The van der Waals surface area contributed by atoms with E-state index in [2.05, 4.69) is 9.71 Å². The van der Waals surface area contributed by atoms with Crippen LogP contribution >= 0.6 is 0 Å². The van der Waals surface area contributed by atoms with Crippen molar-refractivity contribution in [3.63, 3.8) is 0 Å². The molecular formula is C14H16N2O3S. The molecule has 0 aliphatic carbocycles. The van der Waals surface area contributed by atoms with Gasteiger partial charge < -0.3 is 4.98 Å². The van der Waals surface area contributed by atoms with Gasteiger partial charge in [-0.1, -0.05) is 31.2 Å². The monoisotopic (exact) mass is 292 g/mol. The van der Waals surface area contributed by atoms with Gasteiger partial charge in [-0.2, -0.15) is 0 Å². The summed E-state index contributed by atoms with van der Waals surface area (Å²) in [6.45, 7) is 2.25. The van der Waals surface area contributed by atoms with Crippen molar-refractivity contribution in [3.05, 3.63) is 64.1 Å². The van der Waals surface area contributed by atoms with Gasteiger partial charge in [0, 0.05) is 18.8 Å². The predicted molar refractivity (Wildman–Crippen MR) is 76.9 cm³/mol. The highest BCUT2D eigenvalue weighted by Gasteiger charge is 2.14. The Labute approximate surface area is 117 Å². The van der Waals surface area contributed by atoms with Crippen molar-refractivity contribution in [2.75, 3.05) is 0 Å². The molecule has 0 saturated heterocycles. The fourth-order valence-corrected chi connectivity index (χ4v) is 2.87. The van der Waals surface area contributed by atoms with Crippen molar-refractivity contribution in [1.82, 2.24) is 9.71 Å². The molecule has 0 bridgehead atoms. The van der Waals surface area contributed by atoms with Crippen LogP contribution in [0.4, 0.5) is 0 Å². The molecule has 106 valence electrons. The van der Waals surface area contributed by atoms with E-state index < -0.39 is 10.0 Å². The van der Waals surface area contributed by atoms with Crippen molar-refractivity contribution in [1.29, 1.82) is 0 Å². The first-order valence-corrected chi connectivity index (χ1v) is 7.76. The van der Waals surface area contributed by atoms with Crippen LogP contribution in [-0.2, 0) is 23.0 Å². The highest BCUT2D eigenvalue weighted by atomic mass is 32.2. The molecular weight excluding hydrogens is 276 g/mol. The highest BCUT2D eigenvalue weighted by Crippen LogP contribution is 2.11. The number of benzene rings is 1. The van der Waals surface area contributed by atoms with Gasteiger partial charge in [-0.3, -0.25) is 4.79 Å². The van der Waals surface area contributed by atoms with Crippen molar-refractivity contribution in [3.8, 4) is 0 Å². The largest absolute Gasteiger partial charge is 0.328 e. The van der Waals surface area contributed by atoms with Crippen LogP contribution in [0.5, 0.6) is 0 Å². The second-order valence-corrected chi connectivity index (χ2v) is 6.10. The molecule has 5 nitrogen and oxygen atoms in total. The lowest BCUT2D eigenvalue weighted by Gasteiger charge is -2.09. The molecule has 2 rings (SSSR count). The van der Waals surface area contributed by atoms with Crippen LogP contribution in [0.25, 0.3) is 0 Å².